The SMILES string of the molecule is O=S(=O)(c1ccccc1F)N(Cc1ccccc1)C(CO)C1CC1. The Balaban J connectivity index is 2.01. The van der Waals surface area contributed by atoms with Gasteiger partial charge in [-0.1, -0.05) is 42.5 Å². The minimum atomic E-state index is -4.05. The first-order valence-corrected chi connectivity index (χ1v) is 9.39. The van der Waals surface area contributed by atoms with Crippen LogP contribution >= 0.6 is 0 Å². The van der Waals surface area contributed by atoms with Crippen LogP contribution in [0.2, 0.25) is 0 Å². The molecule has 4 nitrogen and oxygen atoms in total. The second-order valence-corrected chi connectivity index (χ2v) is 7.91. The van der Waals surface area contributed by atoms with Gasteiger partial charge in [-0.25, -0.2) is 12.8 Å². The van der Waals surface area contributed by atoms with Gasteiger partial charge in [0.25, 0.3) is 0 Å². The van der Waals surface area contributed by atoms with E-state index < -0.39 is 21.9 Å². The van der Waals surface area contributed by atoms with Gasteiger partial charge in [-0.2, -0.15) is 4.31 Å². The Morgan fingerprint density at radius 2 is 1.71 bits per heavy atom. The van der Waals surface area contributed by atoms with Crippen molar-refractivity contribution in [2.45, 2.75) is 30.3 Å². The summed E-state index contributed by atoms with van der Waals surface area (Å²) in [5.74, 6) is -0.650. The summed E-state index contributed by atoms with van der Waals surface area (Å²) in [7, 11) is -4.05. The number of hydrogen-bond acceptors (Lipinski definition) is 3. The largest absolute Gasteiger partial charge is 0.395 e. The molecular weight excluding hydrogens is 329 g/mol. The normalized spacial score (nSPS) is 16.3. The van der Waals surface area contributed by atoms with E-state index in [1.54, 1.807) is 0 Å². The molecule has 2 aromatic carbocycles. The van der Waals surface area contributed by atoms with E-state index in [4.69, 9.17) is 0 Å². The maximum atomic E-state index is 14.1. The van der Waals surface area contributed by atoms with Crippen LogP contribution in [0.4, 0.5) is 4.39 Å². The molecule has 1 saturated carbocycles. The predicted octanol–water partition coefficient (Wildman–Crippen LogP) is 2.79. The van der Waals surface area contributed by atoms with Crippen molar-refractivity contribution in [3.8, 4) is 0 Å². The standard InChI is InChI=1S/C18H20FNO3S/c19-16-8-4-5-9-18(16)24(22,23)20(17(13-21)15-10-11-15)12-14-6-2-1-3-7-14/h1-9,15,17,21H,10-13H2. The average molecular weight is 349 g/mol. The van der Waals surface area contributed by atoms with Gasteiger partial charge in [0.15, 0.2) is 0 Å². The molecule has 1 aliphatic carbocycles. The first kappa shape index (κ1) is 17.1. The number of benzene rings is 2. The molecule has 3 rings (SSSR count). The van der Waals surface area contributed by atoms with Crippen LogP contribution in [0.1, 0.15) is 18.4 Å². The van der Waals surface area contributed by atoms with Gasteiger partial charge < -0.3 is 5.11 Å². The van der Waals surface area contributed by atoms with Crippen LogP contribution < -0.4 is 0 Å². The van der Waals surface area contributed by atoms with Gasteiger partial charge in [-0.05, 0) is 36.5 Å². The van der Waals surface area contributed by atoms with Crippen molar-refractivity contribution in [3.05, 3.63) is 66.0 Å². The van der Waals surface area contributed by atoms with Crippen LogP contribution in [0.25, 0.3) is 0 Å². The Hall–Kier alpha value is -1.76. The van der Waals surface area contributed by atoms with Crippen LogP contribution in [-0.4, -0.2) is 30.5 Å². The molecule has 0 heterocycles. The van der Waals surface area contributed by atoms with Crippen molar-refractivity contribution in [1.29, 1.82) is 0 Å². The van der Waals surface area contributed by atoms with Crippen LogP contribution in [0.15, 0.2) is 59.5 Å². The zero-order chi connectivity index (χ0) is 17.2. The lowest BCUT2D eigenvalue weighted by Crippen LogP contribution is -2.43. The topological polar surface area (TPSA) is 57.6 Å². The molecule has 2 aromatic rings. The second-order valence-electron chi connectivity index (χ2n) is 6.05. The molecule has 1 atom stereocenters. The highest BCUT2D eigenvalue weighted by atomic mass is 32.2. The molecule has 0 bridgehead atoms. The quantitative estimate of drug-likeness (QED) is 0.836. The summed E-state index contributed by atoms with van der Waals surface area (Å²) < 4.78 is 41.5. The molecule has 0 radical (unpaired) electrons. The second kappa shape index (κ2) is 7.01. The maximum Gasteiger partial charge on any atom is 0.246 e. The molecule has 1 unspecified atom stereocenters. The molecule has 6 heteroatoms. The highest BCUT2D eigenvalue weighted by Gasteiger charge is 2.41. The summed E-state index contributed by atoms with van der Waals surface area (Å²) in [5, 5.41) is 9.76. The first-order valence-electron chi connectivity index (χ1n) is 7.95. The van der Waals surface area contributed by atoms with Crippen molar-refractivity contribution in [2.75, 3.05) is 6.61 Å². The fourth-order valence-corrected chi connectivity index (χ4v) is 4.61. The minimum Gasteiger partial charge on any atom is -0.395 e. The molecule has 1 N–H and O–H groups in total. The average Bonchev–Trinajstić information content (AvgIpc) is 3.41. The third kappa shape index (κ3) is 3.50. The predicted molar refractivity (Wildman–Crippen MR) is 89.2 cm³/mol. The molecule has 128 valence electrons. The van der Waals surface area contributed by atoms with Crippen molar-refractivity contribution in [3.63, 3.8) is 0 Å². The van der Waals surface area contributed by atoms with Gasteiger partial charge in [0.1, 0.15) is 10.7 Å². The van der Waals surface area contributed by atoms with Crippen molar-refractivity contribution in [1.82, 2.24) is 4.31 Å². The Morgan fingerprint density at radius 1 is 1.08 bits per heavy atom. The summed E-state index contributed by atoms with van der Waals surface area (Å²) >= 11 is 0. The van der Waals surface area contributed by atoms with E-state index in [2.05, 4.69) is 0 Å². The Bertz CT molecular complexity index is 791. The van der Waals surface area contributed by atoms with Crippen molar-refractivity contribution >= 4 is 10.0 Å². The number of rotatable bonds is 7. The van der Waals surface area contributed by atoms with Gasteiger partial charge in [0.2, 0.25) is 10.0 Å². The summed E-state index contributed by atoms with van der Waals surface area (Å²) in [6.45, 7) is -0.162. The molecule has 0 saturated heterocycles. The Kier molecular flexibility index (Phi) is 4.99. The van der Waals surface area contributed by atoms with Crippen molar-refractivity contribution in [2.24, 2.45) is 5.92 Å². The van der Waals surface area contributed by atoms with E-state index in [0.29, 0.717) is 0 Å². The van der Waals surface area contributed by atoms with E-state index in [-0.39, 0.29) is 24.0 Å². The number of aliphatic hydroxyl groups excluding tert-OH is 1. The van der Waals surface area contributed by atoms with Gasteiger partial charge in [0.05, 0.1) is 12.6 Å². The molecule has 1 aliphatic rings. The number of sulfonamides is 1. The Morgan fingerprint density at radius 3 is 2.29 bits per heavy atom. The summed E-state index contributed by atoms with van der Waals surface area (Å²) in [4.78, 5) is -0.347. The van der Waals surface area contributed by atoms with Crippen LogP contribution in [0.3, 0.4) is 0 Å². The zero-order valence-corrected chi connectivity index (χ0v) is 14.0. The molecule has 0 aliphatic heterocycles. The fraction of sp³-hybridized carbons (Fsp3) is 0.333. The van der Waals surface area contributed by atoms with Crippen LogP contribution in [0, 0.1) is 11.7 Å². The van der Waals surface area contributed by atoms with Crippen LogP contribution in [0.5, 0.6) is 0 Å². The summed E-state index contributed by atoms with van der Waals surface area (Å²) in [6.07, 6.45) is 1.76. The number of hydrogen-bond donors (Lipinski definition) is 1. The zero-order valence-electron chi connectivity index (χ0n) is 13.2. The summed E-state index contributed by atoms with van der Waals surface area (Å²) in [6, 6.07) is 14.0. The van der Waals surface area contributed by atoms with E-state index >= 15 is 0 Å². The highest BCUT2D eigenvalue weighted by Crippen LogP contribution is 2.38. The minimum absolute atomic E-state index is 0.110. The highest BCUT2D eigenvalue weighted by molar-refractivity contribution is 7.89. The molecule has 0 aromatic heterocycles. The van der Waals surface area contributed by atoms with Crippen molar-refractivity contribution < 1.29 is 17.9 Å². The maximum absolute atomic E-state index is 14.1. The van der Waals surface area contributed by atoms with Gasteiger partial charge in [-0.15, -0.1) is 0 Å². The smallest absolute Gasteiger partial charge is 0.246 e. The lowest BCUT2D eigenvalue weighted by molar-refractivity contribution is 0.166. The number of nitrogens with zero attached hydrogens (tertiary/aromatic N) is 1. The lowest BCUT2D eigenvalue weighted by Gasteiger charge is -2.30. The van der Waals surface area contributed by atoms with E-state index in [1.807, 2.05) is 30.3 Å². The molecular formula is C18H20FNO3S. The summed E-state index contributed by atoms with van der Waals surface area (Å²) in [5.41, 5.74) is 0.802. The van der Waals surface area contributed by atoms with Gasteiger partial charge in [-0.3, -0.25) is 0 Å². The third-order valence-corrected chi connectivity index (χ3v) is 6.23. The monoisotopic (exact) mass is 349 g/mol. The lowest BCUT2D eigenvalue weighted by atomic mass is 10.1. The van der Waals surface area contributed by atoms with E-state index in [1.165, 1.54) is 22.5 Å². The van der Waals surface area contributed by atoms with Crippen LogP contribution in [-0.2, 0) is 16.6 Å². The first-order chi connectivity index (χ1) is 11.5. The fourth-order valence-electron chi connectivity index (χ4n) is 2.88. The van der Waals surface area contributed by atoms with E-state index in [0.717, 1.165) is 24.5 Å². The van der Waals surface area contributed by atoms with E-state index in [9.17, 15) is 17.9 Å². The van der Waals surface area contributed by atoms with Gasteiger partial charge >= 0.3 is 0 Å². The number of aliphatic hydroxyl groups is 1. The molecule has 0 amide bonds. The molecule has 0 spiro atoms. The molecule has 24 heavy (non-hydrogen) atoms. The Labute approximate surface area is 141 Å². The third-order valence-electron chi connectivity index (χ3n) is 4.33. The number of halogens is 1. The molecule has 1 fully saturated rings. The van der Waals surface area contributed by atoms with Gasteiger partial charge in [0, 0.05) is 6.54 Å².